The van der Waals surface area contributed by atoms with Crippen molar-refractivity contribution >= 4 is 6.08 Å². The van der Waals surface area contributed by atoms with E-state index in [9.17, 15) is 10.2 Å². The van der Waals surface area contributed by atoms with Crippen LogP contribution in [0.15, 0.2) is 35.9 Å². The van der Waals surface area contributed by atoms with Gasteiger partial charge in [-0.2, -0.15) is 0 Å². The van der Waals surface area contributed by atoms with Crippen molar-refractivity contribution < 1.29 is 10.2 Å². The Morgan fingerprint density at radius 3 is 2.46 bits per heavy atom. The molecule has 1 saturated heterocycles. The molecule has 1 spiro atoms. The number of hydrogen-bond acceptors (Lipinski definition) is 4. The van der Waals surface area contributed by atoms with Crippen molar-refractivity contribution in [2.45, 2.75) is 63.6 Å². The maximum Gasteiger partial charge on any atom is 0.0609 e. The minimum absolute atomic E-state index is 0.0625. The van der Waals surface area contributed by atoms with Crippen LogP contribution in [-0.2, 0) is 0 Å². The molecule has 1 aromatic carbocycles. The highest BCUT2D eigenvalue weighted by Gasteiger charge is 2.49. The summed E-state index contributed by atoms with van der Waals surface area (Å²) < 4.78 is 0. The minimum Gasteiger partial charge on any atom is -0.395 e. The van der Waals surface area contributed by atoms with Gasteiger partial charge in [-0.25, -0.2) is 0 Å². The summed E-state index contributed by atoms with van der Waals surface area (Å²) in [4.78, 5) is 2.27. The monoisotopic (exact) mass is 384 g/mol. The largest absolute Gasteiger partial charge is 0.395 e. The second-order valence-corrected chi connectivity index (χ2v) is 9.26. The average molecular weight is 385 g/mol. The number of aliphatic hydroxyl groups excluding tert-OH is 2. The molecule has 3 N–H and O–H groups in total. The minimum atomic E-state index is -0.0672. The van der Waals surface area contributed by atoms with Crippen LogP contribution in [0.3, 0.4) is 0 Å². The van der Waals surface area contributed by atoms with E-state index in [4.69, 9.17) is 0 Å². The molecule has 0 amide bonds. The van der Waals surface area contributed by atoms with Crippen LogP contribution in [0, 0.1) is 11.3 Å². The maximum absolute atomic E-state index is 9.39. The van der Waals surface area contributed by atoms with E-state index in [0.717, 1.165) is 25.4 Å². The quantitative estimate of drug-likeness (QED) is 0.645. The summed E-state index contributed by atoms with van der Waals surface area (Å²) in [5.41, 5.74) is 3.43. The Morgan fingerprint density at radius 1 is 1.18 bits per heavy atom. The molecule has 0 aromatic heterocycles. The van der Waals surface area contributed by atoms with Crippen LogP contribution in [0.25, 0.3) is 6.08 Å². The summed E-state index contributed by atoms with van der Waals surface area (Å²) in [7, 11) is 0. The maximum atomic E-state index is 9.39. The Hall–Kier alpha value is -1.20. The van der Waals surface area contributed by atoms with Gasteiger partial charge in [-0.1, -0.05) is 48.9 Å². The van der Waals surface area contributed by atoms with E-state index < -0.39 is 0 Å². The molecule has 1 aromatic rings. The first kappa shape index (κ1) is 20.1. The Kier molecular flexibility index (Phi) is 6.21. The first-order valence-electron chi connectivity index (χ1n) is 11.1. The van der Waals surface area contributed by atoms with Gasteiger partial charge in [0.25, 0.3) is 0 Å². The van der Waals surface area contributed by atoms with E-state index in [-0.39, 0.29) is 19.3 Å². The highest BCUT2D eigenvalue weighted by Crippen LogP contribution is 2.51. The van der Waals surface area contributed by atoms with Crippen molar-refractivity contribution in [2.75, 3.05) is 26.3 Å². The van der Waals surface area contributed by atoms with Crippen LogP contribution >= 0.6 is 0 Å². The first-order valence-corrected chi connectivity index (χ1v) is 11.1. The van der Waals surface area contributed by atoms with Crippen molar-refractivity contribution in [1.82, 2.24) is 10.2 Å². The summed E-state index contributed by atoms with van der Waals surface area (Å²) in [5.74, 6) is 0.721. The number of piperidine rings is 1. The lowest BCUT2D eigenvalue weighted by Crippen LogP contribution is -2.56. The Balaban J connectivity index is 1.23. The summed E-state index contributed by atoms with van der Waals surface area (Å²) >= 11 is 0. The van der Waals surface area contributed by atoms with E-state index in [1.807, 2.05) is 0 Å². The predicted molar refractivity (Wildman–Crippen MR) is 114 cm³/mol. The standard InChI is InChI=1S/C24H36N2O2/c1-2-19(12-18-6-4-3-5-7-18)22-13-23(22)25-20-14-24(15-20)8-10-26(11-9-24)21(16-27)17-28/h3-7,12,20-23,25,27-28H,2,8-11,13-17H2,1H3/b19-12+/t22-,23+/m1/s1. The van der Waals surface area contributed by atoms with Crippen molar-refractivity contribution in [3.63, 3.8) is 0 Å². The molecule has 4 heteroatoms. The molecule has 4 rings (SSSR count). The molecule has 3 fully saturated rings. The van der Waals surface area contributed by atoms with Gasteiger partial charge in [0.2, 0.25) is 0 Å². The van der Waals surface area contributed by atoms with Gasteiger partial charge < -0.3 is 15.5 Å². The number of likely N-dealkylation sites (tertiary alicyclic amines) is 1. The van der Waals surface area contributed by atoms with E-state index in [1.54, 1.807) is 5.57 Å². The van der Waals surface area contributed by atoms with Gasteiger partial charge in [0, 0.05) is 12.1 Å². The molecule has 0 radical (unpaired) electrons. The molecular weight excluding hydrogens is 348 g/mol. The highest BCUT2D eigenvalue weighted by atomic mass is 16.3. The summed E-state index contributed by atoms with van der Waals surface area (Å²) in [6.07, 6.45) is 9.85. The van der Waals surface area contributed by atoms with Crippen LogP contribution in [0.5, 0.6) is 0 Å². The number of nitrogens with one attached hydrogen (secondary N) is 1. The lowest BCUT2D eigenvalue weighted by atomic mass is 9.60. The van der Waals surface area contributed by atoms with Crippen LogP contribution < -0.4 is 5.32 Å². The number of rotatable bonds is 8. The molecule has 1 heterocycles. The zero-order chi connectivity index (χ0) is 19.6. The van der Waals surface area contributed by atoms with Crippen molar-refractivity contribution in [1.29, 1.82) is 0 Å². The zero-order valence-corrected chi connectivity index (χ0v) is 17.2. The third-order valence-electron chi connectivity index (χ3n) is 7.43. The van der Waals surface area contributed by atoms with E-state index in [2.05, 4.69) is 53.5 Å². The van der Waals surface area contributed by atoms with Gasteiger partial charge in [-0.3, -0.25) is 4.90 Å². The molecule has 3 aliphatic rings. The van der Waals surface area contributed by atoms with Gasteiger partial charge in [-0.15, -0.1) is 0 Å². The lowest BCUT2D eigenvalue weighted by Gasteiger charge is -2.53. The van der Waals surface area contributed by atoms with Gasteiger partial charge in [-0.05, 0) is 68.5 Å². The van der Waals surface area contributed by atoms with Gasteiger partial charge in [0.15, 0.2) is 0 Å². The van der Waals surface area contributed by atoms with Crippen molar-refractivity contribution in [3.8, 4) is 0 Å². The number of nitrogens with zero attached hydrogens (tertiary/aromatic N) is 1. The second kappa shape index (κ2) is 8.66. The van der Waals surface area contributed by atoms with E-state index in [0.29, 0.717) is 17.5 Å². The fourth-order valence-electron chi connectivity index (χ4n) is 5.49. The van der Waals surface area contributed by atoms with E-state index in [1.165, 1.54) is 37.7 Å². The third-order valence-corrected chi connectivity index (χ3v) is 7.43. The number of benzene rings is 1. The predicted octanol–water partition coefficient (Wildman–Crippen LogP) is 3.06. The lowest BCUT2D eigenvalue weighted by molar-refractivity contribution is -0.0259. The number of aliphatic hydroxyl groups is 2. The normalized spacial score (nSPS) is 27.9. The van der Waals surface area contributed by atoms with Crippen LogP contribution in [0.4, 0.5) is 0 Å². The smallest absolute Gasteiger partial charge is 0.0609 e. The molecule has 154 valence electrons. The molecule has 1 aliphatic heterocycles. The topological polar surface area (TPSA) is 55.7 Å². The molecule has 0 unspecified atom stereocenters. The molecule has 28 heavy (non-hydrogen) atoms. The first-order chi connectivity index (χ1) is 13.7. The molecule has 2 aliphatic carbocycles. The van der Waals surface area contributed by atoms with E-state index >= 15 is 0 Å². The van der Waals surface area contributed by atoms with Crippen LogP contribution in [-0.4, -0.2) is 59.5 Å². The third kappa shape index (κ3) is 4.35. The highest BCUT2D eigenvalue weighted by molar-refractivity contribution is 5.54. The zero-order valence-electron chi connectivity index (χ0n) is 17.2. The van der Waals surface area contributed by atoms with Gasteiger partial charge in [0.1, 0.15) is 0 Å². The van der Waals surface area contributed by atoms with Crippen molar-refractivity contribution in [3.05, 3.63) is 41.5 Å². The van der Waals surface area contributed by atoms with Crippen molar-refractivity contribution in [2.24, 2.45) is 11.3 Å². The Morgan fingerprint density at radius 2 is 1.86 bits per heavy atom. The fraction of sp³-hybridized carbons (Fsp3) is 0.667. The SMILES string of the molecule is CC/C(=C\c1ccccc1)[C@H]1C[C@@H]1NC1CC2(CCN(C(CO)CO)CC2)C1. The average Bonchev–Trinajstić information content (AvgIpc) is 3.47. The van der Waals surface area contributed by atoms with Crippen LogP contribution in [0.1, 0.15) is 51.0 Å². The molecule has 2 atom stereocenters. The fourth-order valence-corrected chi connectivity index (χ4v) is 5.49. The summed E-state index contributed by atoms with van der Waals surface area (Å²) in [6, 6.07) is 12.0. The van der Waals surface area contributed by atoms with Gasteiger partial charge in [0.05, 0.1) is 19.3 Å². The van der Waals surface area contributed by atoms with Crippen LogP contribution in [0.2, 0.25) is 0 Å². The molecule has 4 nitrogen and oxygen atoms in total. The second-order valence-electron chi connectivity index (χ2n) is 9.26. The molecular formula is C24H36N2O2. The summed E-state index contributed by atoms with van der Waals surface area (Å²) in [6.45, 7) is 4.44. The molecule has 0 bridgehead atoms. The Labute approximate surface area is 169 Å². The molecule has 2 saturated carbocycles. The Bertz CT molecular complexity index is 654. The number of hydrogen-bond donors (Lipinski definition) is 3. The van der Waals surface area contributed by atoms with Gasteiger partial charge >= 0.3 is 0 Å². The summed E-state index contributed by atoms with van der Waals surface area (Å²) in [5, 5.41) is 22.7.